The monoisotopic (exact) mass is 411 g/mol. The normalized spacial score (nSPS) is 14.5. The van der Waals surface area contributed by atoms with Gasteiger partial charge in [-0.05, 0) is 36.6 Å². The Balaban J connectivity index is 1.51. The molecule has 1 amide bonds. The van der Waals surface area contributed by atoms with Crippen LogP contribution in [-0.4, -0.2) is 27.5 Å². The first-order valence-electron chi connectivity index (χ1n) is 9.39. The van der Waals surface area contributed by atoms with Crippen molar-refractivity contribution >= 4 is 17.7 Å². The molecule has 0 bridgehead atoms. The Morgan fingerprint density at radius 1 is 1.29 bits per heavy atom. The number of nitrogens with zero attached hydrogens (tertiary/aromatic N) is 2. The molecule has 0 radical (unpaired) electrons. The van der Waals surface area contributed by atoms with Crippen LogP contribution < -0.4 is 5.32 Å². The molecule has 1 fully saturated rings. The van der Waals surface area contributed by atoms with E-state index in [4.69, 9.17) is 0 Å². The van der Waals surface area contributed by atoms with Gasteiger partial charge in [-0.3, -0.25) is 9.48 Å². The minimum atomic E-state index is -4.45. The molecule has 1 aromatic carbocycles. The highest BCUT2D eigenvalue weighted by Crippen LogP contribution is 2.42. The van der Waals surface area contributed by atoms with E-state index in [1.165, 1.54) is 4.68 Å². The second kappa shape index (κ2) is 8.59. The van der Waals surface area contributed by atoms with E-state index in [-0.39, 0.29) is 31.3 Å². The topological polar surface area (TPSA) is 46.9 Å². The molecule has 4 nitrogen and oxygen atoms in total. The average molecular weight is 411 g/mol. The Labute approximate surface area is 166 Å². The van der Waals surface area contributed by atoms with Gasteiger partial charge in [0.15, 0.2) is 5.69 Å². The van der Waals surface area contributed by atoms with Gasteiger partial charge in [-0.25, -0.2) is 0 Å². The lowest BCUT2D eigenvalue weighted by Gasteiger charge is -2.09. The summed E-state index contributed by atoms with van der Waals surface area (Å²) in [4.78, 5) is 13.3. The van der Waals surface area contributed by atoms with Crippen LogP contribution >= 0.6 is 11.8 Å². The lowest BCUT2D eigenvalue weighted by Crippen LogP contribution is -2.29. The Kier molecular flexibility index (Phi) is 6.37. The standard InChI is InChI=1S/C20H24F3N3OS/c1-13(2)28-16-7-3-14(4-8-16)11-19(27)24-9-10-26-17(15-5-6-15)12-18(25-26)20(21,22)23/h3-4,7-8,12-13,15H,5-6,9-11H2,1-2H3,(H,24,27). The lowest BCUT2D eigenvalue weighted by molar-refractivity contribution is -0.141. The Morgan fingerprint density at radius 2 is 1.96 bits per heavy atom. The quantitative estimate of drug-likeness (QED) is 0.644. The highest BCUT2D eigenvalue weighted by molar-refractivity contribution is 7.99. The smallest absolute Gasteiger partial charge is 0.354 e. The molecular weight excluding hydrogens is 387 g/mol. The van der Waals surface area contributed by atoms with E-state index in [1.807, 2.05) is 24.3 Å². The van der Waals surface area contributed by atoms with Crippen LogP contribution in [0.25, 0.3) is 0 Å². The molecular formula is C20H24F3N3OS. The number of halogens is 3. The van der Waals surface area contributed by atoms with E-state index in [1.54, 1.807) is 11.8 Å². The van der Waals surface area contributed by atoms with Crippen molar-refractivity contribution in [1.29, 1.82) is 0 Å². The second-order valence-corrected chi connectivity index (χ2v) is 8.94. The number of hydrogen-bond donors (Lipinski definition) is 1. The van der Waals surface area contributed by atoms with Crippen molar-refractivity contribution in [1.82, 2.24) is 15.1 Å². The van der Waals surface area contributed by atoms with Gasteiger partial charge in [0.25, 0.3) is 0 Å². The van der Waals surface area contributed by atoms with Crippen molar-refractivity contribution in [3.8, 4) is 0 Å². The molecule has 8 heteroatoms. The fraction of sp³-hybridized carbons (Fsp3) is 0.500. The number of nitrogens with one attached hydrogen (secondary N) is 1. The third kappa shape index (κ3) is 5.77. The van der Waals surface area contributed by atoms with Crippen molar-refractivity contribution in [2.75, 3.05) is 6.54 Å². The van der Waals surface area contributed by atoms with Crippen LogP contribution in [0.5, 0.6) is 0 Å². The molecule has 0 atom stereocenters. The van der Waals surface area contributed by atoms with Crippen molar-refractivity contribution in [2.24, 2.45) is 0 Å². The number of aromatic nitrogens is 2. The first-order valence-corrected chi connectivity index (χ1v) is 10.3. The summed E-state index contributed by atoms with van der Waals surface area (Å²) in [5.74, 6) is 0.00182. The predicted molar refractivity (Wildman–Crippen MR) is 103 cm³/mol. The fourth-order valence-electron chi connectivity index (χ4n) is 2.96. The molecule has 0 saturated heterocycles. The van der Waals surface area contributed by atoms with Crippen LogP contribution in [0.4, 0.5) is 13.2 Å². The molecule has 2 aromatic rings. The van der Waals surface area contributed by atoms with Crippen molar-refractivity contribution in [2.45, 2.75) is 61.9 Å². The Hall–Kier alpha value is -1.96. The van der Waals surface area contributed by atoms with Gasteiger partial charge in [-0.15, -0.1) is 11.8 Å². The Morgan fingerprint density at radius 3 is 2.54 bits per heavy atom. The van der Waals surface area contributed by atoms with Gasteiger partial charge in [-0.2, -0.15) is 18.3 Å². The highest BCUT2D eigenvalue weighted by atomic mass is 32.2. The maximum absolute atomic E-state index is 12.9. The molecule has 1 aliphatic rings. The molecule has 0 unspecified atom stereocenters. The van der Waals surface area contributed by atoms with Gasteiger partial charge < -0.3 is 5.32 Å². The molecule has 0 aliphatic heterocycles. The summed E-state index contributed by atoms with van der Waals surface area (Å²) in [5, 5.41) is 6.96. The Bertz CT molecular complexity index is 811. The second-order valence-electron chi connectivity index (χ2n) is 7.29. The minimum absolute atomic E-state index is 0.152. The van der Waals surface area contributed by atoms with Crippen LogP contribution in [0.15, 0.2) is 35.2 Å². The third-order valence-electron chi connectivity index (χ3n) is 4.40. The van der Waals surface area contributed by atoms with E-state index in [0.29, 0.717) is 10.9 Å². The molecule has 28 heavy (non-hydrogen) atoms. The zero-order valence-electron chi connectivity index (χ0n) is 15.9. The maximum atomic E-state index is 12.9. The maximum Gasteiger partial charge on any atom is 0.435 e. The third-order valence-corrected chi connectivity index (χ3v) is 5.42. The van der Waals surface area contributed by atoms with E-state index in [0.717, 1.165) is 29.4 Å². The summed E-state index contributed by atoms with van der Waals surface area (Å²) in [5.41, 5.74) is 0.655. The largest absolute Gasteiger partial charge is 0.435 e. The van der Waals surface area contributed by atoms with Crippen molar-refractivity contribution in [3.05, 3.63) is 47.3 Å². The van der Waals surface area contributed by atoms with E-state index >= 15 is 0 Å². The van der Waals surface area contributed by atoms with Gasteiger partial charge in [-0.1, -0.05) is 26.0 Å². The van der Waals surface area contributed by atoms with E-state index < -0.39 is 11.9 Å². The molecule has 1 aromatic heterocycles. The number of thioether (sulfide) groups is 1. The summed E-state index contributed by atoms with van der Waals surface area (Å²) >= 11 is 1.76. The van der Waals surface area contributed by atoms with Gasteiger partial charge in [0.05, 0.1) is 13.0 Å². The average Bonchev–Trinajstić information content (AvgIpc) is 3.35. The SMILES string of the molecule is CC(C)Sc1ccc(CC(=O)NCCn2nc(C(F)(F)F)cc2C2CC2)cc1. The zero-order valence-corrected chi connectivity index (χ0v) is 16.7. The number of carbonyl (C=O) groups excluding carboxylic acids is 1. The van der Waals surface area contributed by atoms with Crippen LogP contribution in [-0.2, 0) is 23.9 Å². The first-order chi connectivity index (χ1) is 13.2. The number of hydrogen-bond acceptors (Lipinski definition) is 3. The highest BCUT2D eigenvalue weighted by Gasteiger charge is 2.37. The predicted octanol–water partition coefficient (Wildman–Crippen LogP) is 4.64. The molecule has 152 valence electrons. The lowest BCUT2D eigenvalue weighted by atomic mass is 10.1. The summed E-state index contributed by atoms with van der Waals surface area (Å²) in [6, 6.07) is 8.99. The molecule has 1 heterocycles. The summed E-state index contributed by atoms with van der Waals surface area (Å²) in [6.07, 6.45) is -2.42. The van der Waals surface area contributed by atoms with Crippen LogP contribution in [0.3, 0.4) is 0 Å². The summed E-state index contributed by atoms with van der Waals surface area (Å²) < 4.78 is 40.1. The number of alkyl halides is 3. The fourth-order valence-corrected chi connectivity index (χ4v) is 3.80. The van der Waals surface area contributed by atoms with Gasteiger partial charge >= 0.3 is 6.18 Å². The van der Waals surface area contributed by atoms with E-state index in [9.17, 15) is 18.0 Å². The number of rotatable bonds is 8. The van der Waals surface area contributed by atoms with Crippen LogP contribution in [0, 0.1) is 0 Å². The molecule has 0 spiro atoms. The van der Waals surface area contributed by atoms with Crippen LogP contribution in [0.2, 0.25) is 0 Å². The van der Waals surface area contributed by atoms with Crippen molar-refractivity contribution < 1.29 is 18.0 Å². The van der Waals surface area contributed by atoms with Gasteiger partial charge in [0.1, 0.15) is 0 Å². The van der Waals surface area contributed by atoms with E-state index in [2.05, 4.69) is 24.3 Å². The number of amides is 1. The van der Waals surface area contributed by atoms with Gasteiger partial charge in [0.2, 0.25) is 5.91 Å². The summed E-state index contributed by atoms with van der Waals surface area (Å²) in [6.45, 7) is 4.73. The molecule has 1 saturated carbocycles. The number of benzene rings is 1. The van der Waals surface area contributed by atoms with Crippen molar-refractivity contribution in [3.63, 3.8) is 0 Å². The minimum Gasteiger partial charge on any atom is -0.354 e. The molecule has 3 rings (SSSR count). The van der Waals surface area contributed by atoms with Crippen LogP contribution in [0.1, 0.15) is 49.6 Å². The molecule has 1 aliphatic carbocycles. The molecule has 1 N–H and O–H groups in total. The summed E-state index contributed by atoms with van der Waals surface area (Å²) in [7, 11) is 0. The first kappa shape index (κ1) is 20.8. The zero-order chi connectivity index (χ0) is 20.3. The van der Waals surface area contributed by atoms with Gasteiger partial charge in [0, 0.05) is 28.3 Å². The number of carbonyl (C=O) groups is 1.